The highest BCUT2D eigenvalue weighted by Gasteiger charge is 2.26. The summed E-state index contributed by atoms with van der Waals surface area (Å²) in [5, 5.41) is 3.86. The van der Waals surface area contributed by atoms with Crippen LogP contribution in [0.25, 0.3) is 11.3 Å². The minimum Gasteiger partial charge on any atom is -0.486 e. The molecule has 1 aliphatic heterocycles. The minimum absolute atomic E-state index is 0.190. The Morgan fingerprint density at radius 2 is 1.95 bits per heavy atom. The van der Waals surface area contributed by atoms with Crippen molar-refractivity contribution in [1.82, 2.24) is 5.16 Å². The lowest BCUT2D eigenvalue weighted by atomic mass is 9.95. The van der Waals surface area contributed by atoms with E-state index in [4.69, 9.17) is 19.7 Å². The summed E-state index contributed by atoms with van der Waals surface area (Å²) in [6.45, 7) is 3.84. The van der Waals surface area contributed by atoms with Crippen LogP contribution in [0.2, 0.25) is 0 Å². The normalized spacial score (nSPS) is 14.3. The van der Waals surface area contributed by atoms with E-state index in [1.807, 2.05) is 0 Å². The molecule has 3 rings (SSSR count). The van der Waals surface area contributed by atoms with Crippen molar-refractivity contribution in [3.63, 3.8) is 0 Å². The molecule has 0 radical (unpaired) electrons. The summed E-state index contributed by atoms with van der Waals surface area (Å²) in [6, 6.07) is 4.91. The van der Waals surface area contributed by atoms with Crippen LogP contribution in [0.5, 0.6) is 11.5 Å². The Hall–Kier alpha value is -2.24. The molecule has 1 aromatic heterocycles. The second-order valence-corrected chi connectivity index (χ2v) is 5.13. The van der Waals surface area contributed by atoms with Crippen LogP contribution in [0.4, 0.5) is 10.3 Å². The Labute approximate surface area is 115 Å². The maximum absolute atomic E-state index is 14.2. The van der Waals surface area contributed by atoms with Gasteiger partial charge in [0.05, 0.1) is 5.56 Å². The number of halogens is 1. The van der Waals surface area contributed by atoms with Crippen molar-refractivity contribution in [2.24, 2.45) is 0 Å². The zero-order chi connectivity index (χ0) is 14.3. The van der Waals surface area contributed by atoms with Gasteiger partial charge in [-0.25, -0.2) is 4.39 Å². The lowest BCUT2D eigenvalue weighted by Crippen LogP contribution is -2.18. The Kier molecular flexibility index (Phi) is 2.81. The zero-order valence-corrected chi connectivity index (χ0v) is 11.3. The fraction of sp³-hybridized carbons (Fsp3) is 0.357. The predicted octanol–water partition coefficient (Wildman–Crippen LogP) is 2.90. The third-order valence-electron chi connectivity index (χ3n) is 3.13. The molecule has 106 valence electrons. The second kappa shape index (κ2) is 4.40. The molecule has 0 saturated carbocycles. The van der Waals surface area contributed by atoms with Gasteiger partial charge in [0.2, 0.25) is 5.88 Å². The predicted molar refractivity (Wildman–Crippen MR) is 71.5 cm³/mol. The number of nitrogen functional groups attached to an aromatic ring is 1. The van der Waals surface area contributed by atoms with Crippen LogP contribution >= 0.6 is 0 Å². The molecule has 1 aliphatic rings. The minimum atomic E-state index is -1.50. The third-order valence-corrected chi connectivity index (χ3v) is 3.13. The molecule has 5 nitrogen and oxygen atoms in total. The van der Waals surface area contributed by atoms with E-state index in [0.717, 1.165) is 0 Å². The lowest BCUT2D eigenvalue weighted by Gasteiger charge is -2.24. The van der Waals surface area contributed by atoms with Crippen LogP contribution in [0, 0.1) is 0 Å². The highest BCUT2D eigenvalue weighted by Crippen LogP contribution is 2.43. The van der Waals surface area contributed by atoms with Crippen molar-refractivity contribution in [3.05, 3.63) is 23.8 Å². The molecule has 2 heterocycles. The van der Waals surface area contributed by atoms with Gasteiger partial charge in [-0.05, 0) is 31.5 Å². The molecule has 0 aliphatic carbocycles. The summed E-state index contributed by atoms with van der Waals surface area (Å²) < 4.78 is 30.3. The van der Waals surface area contributed by atoms with E-state index in [2.05, 4.69) is 5.16 Å². The topological polar surface area (TPSA) is 70.5 Å². The SMILES string of the molecule is CC(C)(F)c1cc2c(c(-c3cc(N)on3)c1)OCCO2. The van der Waals surface area contributed by atoms with Crippen molar-refractivity contribution in [2.75, 3.05) is 18.9 Å². The van der Waals surface area contributed by atoms with Crippen molar-refractivity contribution in [2.45, 2.75) is 19.5 Å². The Bertz CT molecular complexity index is 646. The summed E-state index contributed by atoms with van der Waals surface area (Å²) in [5.41, 5.74) is 5.63. The average Bonchev–Trinajstić information content (AvgIpc) is 2.83. The monoisotopic (exact) mass is 278 g/mol. The Morgan fingerprint density at radius 1 is 1.20 bits per heavy atom. The third kappa shape index (κ3) is 2.17. The lowest BCUT2D eigenvalue weighted by molar-refractivity contribution is 0.169. The number of benzene rings is 1. The number of hydrogen-bond acceptors (Lipinski definition) is 5. The second-order valence-electron chi connectivity index (χ2n) is 5.13. The van der Waals surface area contributed by atoms with Gasteiger partial charge in [0.15, 0.2) is 11.5 Å². The Morgan fingerprint density at radius 3 is 2.60 bits per heavy atom. The van der Waals surface area contributed by atoms with Gasteiger partial charge in [0, 0.05) is 6.07 Å². The fourth-order valence-electron chi connectivity index (χ4n) is 2.10. The molecule has 0 spiro atoms. The number of ether oxygens (including phenoxy) is 2. The highest BCUT2D eigenvalue weighted by atomic mass is 19.1. The highest BCUT2D eigenvalue weighted by molar-refractivity contribution is 5.73. The van der Waals surface area contributed by atoms with E-state index in [-0.39, 0.29) is 5.88 Å². The van der Waals surface area contributed by atoms with Crippen molar-refractivity contribution >= 4 is 5.88 Å². The quantitative estimate of drug-likeness (QED) is 0.914. The Balaban J connectivity index is 2.20. The number of aromatic nitrogens is 1. The van der Waals surface area contributed by atoms with E-state index in [1.165, 1.54) is 13.8 Å². The fourth-order valence-corrected chi connectivity index (χ4v) is 2.10. The smallest absolute Gasteiger partial charge is 0.222 e. The van der Waals surface area contributed by atoms with Crippen LogP contribution in [0.15, 0.2) is 22.7 Å². The summed E-state index contributed by atoms with van der Waals surface area (Å²) in [4.78, 5) is 0. The first-order valence-electron chi connectivity index (χ1n) is 6.31. The van der Waals surface area contributed by atoms with Gasteiger partial charge in [0.25, 0.3) is 0 Å². The van der Waals surface area contributed by atoms with Gasteiger partial charge in [-0.3, -0.25) is 0 Å². The molecule has 20 heavy (non-hydrogen) atoms. The van der Waals surface area contributed by atoms with Crippen LogP contribution < -0.4 is 15.2 Å². The van der Waals surface area contributed by atoms with Gasteiger partial charge < -0.3 is 19.7 Å². The number of anilines is 1. The van der Waals surface area contributed by atoms with Gasteiger partial charge in [-0.1, -0.05) is 5.16 Å². The van der Waals surface area contributed by atoms with Crippen LogP contribution in [-0.4, -0.2) is 18.4 Å². The van der Waals surface area contributed by atoms with Gasteiger partial charge in [-0.15, -0.1) is 0 Å². The first-order chi connectivity index (χ1) is 9.45. The van der Waals surface area contributed by atoms with Gasteiger partial charge in [0.1, 0.15) is 24.6 Å². The summed E-state index contributed by atoms with van der Waals surface area (Å²) in [5.74, 6) is 1.24. The average molecular weight is 278 g/mol. The molecular formula is C14H15FN2O3. The van der Waals surface area contributed by atoms with Gasteiger partial charge >= 0.3 is 0 Å². The number of nitrogens with zero attached hydrogens (tertiary/aromatic N) is 1. The van der Waals surface area contributed by atoms with E-state index in [0.29, 0.717) is 41.5 Å². The molecule has 1 aromatic carbocycles. The van der Waals surface area contributed by atoms with Crippen molar-refractivity contribution in [3.8, 4) is 22.8 Å². The van der Waals surface area contributed by atoms with E-state index in [1.54, 1.807) is 18.2 Å². The molecule has 0 unspecified atom stereocenters. The molecule has 0 saturated heterocycles. The molecule has 2 N–H and O–H groups in total. The van der Waals surface area contributed by atoms with Gasteiger partial charge in [-0.2, -0.15) is 0 Å². The summed E-state index contributed by atoms with van der Waals surface area (Å²) >= 11 is 0. The zero-order valence-electron chi connectivity index (χ0n) is 11.3. The van der Waals surface area contributed by atoms with E-state index < -0.39 is 5.67 Å². The maximum Gasteiger partial charge on any atom is 0.222 e. The first-order valence-corrected chi connectivity index (χ1v) is 6.31. The molecule has 2 aromatic rings. The number of alkyl halides is 1. The standard InChI is InChI=1S/C14H15FN2O3/c1-14(2,15)8-5-9(10-7-12(16)20-17-10)13-11(6-8)18-3-4-19-13/h5-7H,3-4,16H2,1-2H3. The van der Waals surface area contributed by atoms with Crippen LogP contribution in [0.1, 0.15) is 19.4 Å². The van der Waals surface area contributed by atoms with E-state index in [9.17, 15) is 4.39 Å². The van der Waals surface area contributed by atoms with E-state index >= 15 is 0 Å². The first kappa shape index (κ1) is 12.8. The number of hydrogen-bond donors (Lipinski definition) is 1. The van der Waals surface area contributed by atoms with Crippen molar-refractivity contribution < 1.29 is 18.4 Å². The molecule has 0 atom stereocenters. The van der Waals surface area contributed by atoms with Crippen LogP contribution in [-0.2, 0) is 5.67 Å². The molecule has 6 heteroatoms. The molecule has 0 bridgehead atoms. The summed E-state index contributed by atoms with van der Waals surface area (Å²) in [6.07, 6.45) is 0. The maximum atomic E-state index is 14.2. The summed E-state index contributed by atoms with van der Waals surface area (Å²) in [7, 11) is 0. The molecular weight excluding hydrogens is 263 g/mol. The largest absolute Gasteiger partial charge is 0.486 e. The molecule has 0 fully saturated rings. The van der Waals surface area contributed by atoms with Crippen LogP contribution in [0.3, 0.4) is 0 Å². The van der Waals surface area contributed by atoms with Crippen molar-refractivity contribution in [1.29, 1.82) is 0 Å². The number of fused-ring (bicyclic) bond motifs is 1. The number of nitrogens with two attached hydrogens (primary N) is 1. The molecule has 0 amide bonds. The number of rotatable bonds is 2.